The molecule has 1 fully saturated rings. The monoisotopic (exact) mass is 264 g/mol. The van der Waals surface area contributed by atoms with Gasteiger partial charge in [0.05, 0.1) is 0 Å². The Labute approximate surface area is 117 Å². The Morgan fingerprint density at radius 1 is 1.47 bits per heavy atom. The number of aryl methyl sites for hydroxylation is 2. The Balaban J connectivity index is 1.98. The molecule has 1 saturated heterocycles. The van der Waals surface area contributed by atoms with E-state index in [1.807, 2.05) is 6.92 Å². The molecule has 1 aromatic rings. The van der Waals surface area contributed by atoms with Gasteiger partial charge in [-0.25, -0.2) is 0 Å². The molecule has 0 radical (unpaired) electrons. The molecule has 2 rings (SSSR count). The molecule has 19 heavy (non-hydrogen) atoms. The molecule has 1 aromatic heterocycles. The molecular formula is C16H28N2O. The average molecular weight is 264 g/mol. The van der Waals surface area contributed by atoms with Crippen molar-refractivity contribution >= 4 is 0 Å². The molecule has 2 atom stereocenters. The Morgan fingerprint density at radius 2 is 2.26 bits per heavy atom. The number of nitrogens with one attached hydrogen (secondary N) is 1. The fourth-order valence-electron chi connectivity index (χ4n) is 3.14. The van der Waals surface area contributed by atoms with E-state index in [1.54, 1.807) is 0 Å². The van der Waals surface area contributed by atoms with Gasteiger partial charge in [0.25, 0.3) is 0 Å². The summed E-state index contributed by atoms with van der Waals surface area (Å²) >= 11 is 0. The topological polar surface area (TPSA) is 28.4 Å². The predicted octanol–water partition coefficient (Wildman–Crippen LogP) is 3.42. The lowest BCUT2D eigenvalue weighted by Crippen LogP contribution is -2.46. The Bertz CT molecular complexity index is 399. The number of furan rings is 1. The van der Waals surface area contributed by atoms with Crippen molar-refractivity contribution in [2.24, 2.45) is 0 Å². The van der Waals surface area contributed by atoms with Gasteiger partial charge in [0, 0.05) is 24.2 Å². The number of likely N-dealkylation sites (tertiary alicyclic amines) is 1. The van der Waals surface area contributed by atoms with Gasteiger partial charge in [-0.2, -0.15) is 0 Å². The standard InChI is InChI=1S/C16H28N2O/c1-5-8-17-15-7-6-9-18(11-15)13(3)16-10-12(2)19-14(16)4/h10,13,15,17H,5-9,11H2,1-4H3. The molecule has 2 unspecified atom stereocenters. The molecule has 0 aromatic carbocycles. The summed E-state index contributed by atoms with van der Waals surface area (Å²) in [5, 5.41) is 3.66. The number of nitrogens with zero attached hydrogens (tertiary/aromatic N) is 1. The van der Waals surface area contributed by atoms with Gasteiger partial charge in [-0.05, 0) is 59.2 Å². The zero-order valence-corrected chi connectivity index (χ0v) is 12.8. The van der Waals surface area contributed by atoms with Crippen LogP contribution in [0.1, 0.15) is 56.2 Å². The first-order chi connectivity index (χ1) is 9.11. The van der Waals surface area contributed by atoms with Crippen molar-refractivity contribution < 1.29 is 4.42 Å². The molecule has 0 aliphatic carbocycles. The van der Waals surface area contributed by atoms with Crippen LogP contribution in [0.3, 0.4) is 0 Å². The molecule has 0 spiro atoms. The van der Waals surface area contributed by atoms with Crippen LogP contribution in [-0.4, -0.2) is 30.6 Å². The van der Waals surface area contributed by atoms with Crippen molar-refractivity contribution in [1.82, 2.24) is 10.2 Å². The van der Waals surface area contributed by atoms with E-state index in [9.17, 15) is 0 Å². The second-order valence-electron chi connectivity index (χ2n) is 5.83. The van der Waals surface area contributed by atoms with Crippen LogP contribution in [0.25, 0.3) is 0 Å². The summed E-state index contributed by atoms with van der Waals surface area (Å²) in [5.74, 6) is 2.10. The summed E-state index contributed by atoms with van der Waals surface area (Å²) < 4.78 is 5.68. The van der Waals surface area contributed by atoms with E-state index in [4.69, 9.17) is 4.42 Å². The third-order valence-electron chi connectivity index (χ3n) is 4.21. The highest BCUT2D eigenvalue weighted by molar-refractivity contribution is 5.23. The lowest BCUT2D eigenvalue weighted by atomic mass is 10.0. The summed E-state index contributed by atoms with van der Waals surface area (Å²) in [4.78, 5) is 2.59. The largest absolute Gasteiger partial charge is 0.466 e. The van der Waals surface area contributed by atoms with Crippen LogP contribution in [-0.2, 0) is 0 Å². The van der Waals surface area contributed by atoms with Gasteiger partial charge in [-0.15, -0.1) is 0 Å². The summed E-state index contributed by atoms with van der Waals surface area (Å²) in [5.41, 5.74) is 1.36. The molecule has 0 bridgehead atoms. The number of piperidine rings is 1. The first-order valence-corrected chi connectivity index (χ1v) is 7.66. The first kappa shape index (κ1) is 14.6. The minimum atomic E-state index is 0.462. The van der Waals surface area contributed by atoms with E-state index >= 15 is 0 Å². The molecule has 2 heterocycles. The number of hydrogen-bond acceptors (Lipinski definition) is 3. The van der Waals surface area contributed by atoms with E-state index in [0.717, 1.165) is 24.6 Å². The molecule has 1 aliphatic rings. The SMILES string of the molecule is CCCNC1CCCN(C(C)c2cc(C)oc2C)C1. The average Bonchev–Trinajstić information content (AvgIpc) is 2.75. The van der Waals surface area contributed by atoms with E-state index in [-0.39, 0.29) is 0 Å². The van der Waals surface area contributed by atoms with E-state index in [2.05, 4.69) is 37.1 Å². The quantitative estimate of drug-likeness (QED) is 0.883. The highest BCUT2D eigenvalue weighted by Crippen LogP contribution is 2.28. The Morgan fingerprint density at radius 3 is 2.89 bits per heavy atom. The fraction of sp³-hybridized carbons (Fsp3) is 0.750. The van der Waals surface area contributed by atoms with Gasteiger partial charge < -0.3 is 9.73 Å². The van der Waals surface area contributed by atoms with E-state index in [0.29, 0.717) is 12.1 Å². The number of rotatable bonds is 5. The van der Waals surface area contributed by atoms with Gasteiger partial charge in [0.1, 0.15) is 11.5 Å². The van der Waals surface area contributed by atoms with Crippen LogP contribution < -0.4 is 5.32 Å². The minimum Gasteiger partial charge on any atom is -0.466 e. The van der Waals surface area contributed by atoms with Crippen LogP contribution in [0.4, 0.5) is 0 Å². The van der Waals surface area contributed by atoms with Crippen LogP contribution in [0.15, 0.2) is 10.5 Å². The molecule has 0 saturated carbocycles. The molecule has 1 aliphatic heterocycles. The zero-order chi connectivity index (χ0) is 13.8. The van der Waals surface area contributed by atoms with E-state index in [1.165, 1.54) is 31.4 Å². The normalized spacial score (nSPS) is 22.6. The van der Waals surface area contributed by atoms with Gasteiger partial charge in [0.2, 0.25) is 0 Å². The molecule has 108 valence electrons. The first-order valence-electron chi connectivity index (χ1n) is 7.66. The van der Waals surface area contributed by atoms with Crippen molar-refractivity contribution in [2.45, 2.75) is 59.0 Å². The lowest BCUT2D eigenvalue weighted by Gasteiger charge is -2.37. The third-order valence-corrected chi connectivity index (χ3v) is 4.21. The van der Waals surface area contributed by atoms with Gasteiger partial charge in [-0.1, -0.05) is 6.92 Å². The van der Waals surface area contributed by atoms with Gasteiger partial charge >= 0.3 is 0 Å². The minimum absolute atomic E-state index is 0.462. The predicted molar refractivity (Wildman–Crippen MR) is 79.5 cm³/mol. The lowest BCUT2D eigenvalue weighted by molar-refractivity contribution is 0.145. The molecule has 0 amide bonds. The van der Waals surface area contributed by atoms with Crippen LogP contribution in [0.2, 0.25) is 0 Å². The Kier molecular flexibility index (Phi) is 5.06. The van der Waals surface area contributed by atoms with Crippen molar-refractivity contribution in [3.8, 4) is 0 Å². The highest BCUT2D eigenvalue weighted by atomic mass is 16.3. The second kappa shape index (κ2) is 6.58. The smallest absolute Gasteiger partial charge is 0.105 e. The molecular weight excluding hydrogens is 236 g/mol. The van der Waals surface area contributed by atoms with Crippen molar-refractivity contribution in [3.05, 3.63) is 23.2 Å². The maximum Gasteiger partial charge on any atom is 0.105 e. The van der Waals surface area contributed by atoms with Crippen molar-refractivity contribution in [1.29, 1.82) is 0 Å². The van der Waals surface area contributed by atoms with E-state index < -0.39 is 0 Å². The summed E-state index contributed by atoms with van der Waals surface area (Å²) in [6.45, 7) is 12.1. The summed E-state index contributed by atoms with van der Waals surface area (Å²) in [6.07, 6.45) is 3.82. The van der Waals surface area contributed by atoms with Gasteiger partial charge in [-0.3, -0.25) is 4.90 Å². The highest BCUT2D eigenvalue weighted by Gasteiger charge is 2.25. The van der Waals surface area contributed by atoms with Crippen LogP contribution in [0, 0.1) is 13.8 Å². The van der Waals surface area contributed by atoms with Gasteiger partial charge in [0.15, 0.2) is 0 Å². The summed E-state index contributed by atoms with van der Waals surface area (Å²) in [7, 11) is 0. The third kappa shape index (κ3) is 3.61. The van der Waals surface area contributed by atoms with Crippen LogP contribution >= 0.6 is 0 Å². The number of hydrogen-bond donors (Lipinski definition) is 1. The second-order valence-corrected chi connectivity index (χ2v) is 5.83. The Hall–Kier alpha value is -0.800. The molecule has 3 heteroatoms. The maximum atomic E-state index is 5.68. The van der Waals surface area contributed by atoms with Crippen LogP contribution in [0.5, 0.6) is 0 Å². The maximum absolute atomic E-state index is 5.68. The van der Waals surface area contributed by atoms with Crippen molar-refractivity contribution in [3.63, 3.8) is 0 Å². The molecule has 3 nitrogen and oxygen atoms in total. The zero-order valence-electron chi connectivity index (χ0n) is 12.8. The summed E-state index contributed by atoms with van der Waals surface area (Å²) in [6, 6.07) is 3.32. The fourth-order valence-corrected chi connectivity index (χ4v) is 3.14. The molecule has 1 N–H and O–H groups in total. The van der Waals surface area contributed by atoms with Crippen molar-refractivity contribution in [2.75, 3.05) is 19.6 Å².